The van der Waals surface area contributed by atoms with E-state index < -0.39 is 0 Å². The molecule has 0 saturated carbocycles. The van der Waals surface area contributed by atoms with Crippen molar-refractivity contribution in [3.63, 3.8) is 0 Å². The molecule has 3 nitrogen and oxygen atoms in total. The highest BCUT2D eigenvalue weighted by Crippen LogP contribution is 2.35. The first-order chi connectivity index (χ1) is 10.7. The molecule has 0 fully saturated rings. The standard InChI is InChI=1S/C18H20N2OS/c1-13-6-7-14(11-19-13)10-18(21)20-12-17-16-5-3-2-4-15(16)8-9-22-17/h2-7,11,17H,8-10,12H2,1H3,(H,20,21)/t17-/m1/s1. The lowest BCUT2D eigenvalue weighted by Crippen LogP contribution is -2.30. The van der Waals surface area contributed by atoms with Crippen molar-refractivity contribution in [2.45, 2.75) is 25.0 Å². The number of carbonyl (C=O) groups excluding carboxylic acids is 1. The van der Waals surface area contributed by atoms with Gasteiger partial charge in [0.05, 0.1) is 6.42 Å². The number of pyridine rings is 1. The molecular formula is C18H20N2OS. The molecule has 0 saturated heterocycles. The van der Waals surface area contributed by atoms with Crippen LogP contribution in [0.15, 0.2) is 42.6 Å². The monoisotopic (exact) mass is 312 g/mol. The maximum absolute atomic E-state index is 12.1. The number of thioether (sulfide) groups is 1. The van der Waals surface area contributed by atoms with Gasteiger partial charge in [0.25, 0.3) is 0 Å². The summed E-state index contributed by atoms with van der Waals surface area (Å²) in [5.41, 5.74) is 4.72. The van der Waals surface area contributed by atoms with E-state index in [1.54, 1.807) is 6.20 Å². The zero-order chi connectivity index (χ0) is 15.4. The number of rotatable bonds is 4. The molecule has 1 amide bonds. The van der Waals surface area contributed by atoms with Crippen molar-refractivity contribution in [1.82, 2.24) is 10.3 Å². The molecule has 0 bridgehead atoms. The van der Waals surface area contributed by atoms with E-state index in [1.807, 2.05) is 30.8 Å². The lowest BCUT2D eigenvalue weighted by molar-refractivity contribution is -0.120. The first-order valence-electron chi connectivity index (χ1n) is 7.60. The van der Waals surface area contributed by atoms with Crippen molar-refractivity contribution in [3.05, 3.63) is 65.0 Å². The first-order valence-corrected chi connectivity index (χ1v) is 8.65. The van der Waals surface area contributed by atoms with Gasteiger partial charge in [0.15, 0.2) is 0 Å². The minimum Gasteiger partial charge on any atom is -0.354 e. The summed E-state index contributed by atoms with van der Waals surface area (Å²) in [6, 6.07) is 12.5. The molecule has 0 spiro atoms. The highest BCUT2D eigenvalue weighted by atomic mass is 32.2. The van der Waals surface area contributed by atoms with E-state index in [0.29, 0.717) is 18.2 Å². The number of amides is 1. The molecule has 1 aliphatic rings. The number of hydrogen-bond acceptors (Lipinski definition) is 3. The molecule has 1 N–H and O–H groups in total. The van der Waals surface area contributed by atoms with Gasteiger partial charge in [0, 0.05) is 23.7 Å². The highest BCUT2D eigenvalue weighted by Gasteiger charge is 2.20. The summed E-state index contributed by atoms with van der Waals surface area (Å²) in [6.07, 6.45) is 3.30. The zero-order valence-electron chi connectivity index (χ0n) is 12.7. The third-order valence-corrected chi connectivity index (χ3v) is 5.18. The largest absolute Gasteiger partial charge is 0.354 e. The number of benzene rings is 1. The van der Waals surface area contributed by atoms with Gasteiger partial charge in [-0.05, 0) is 41.9 Å². The predicted octanol–water partition coefficient (Wildman–Crippen LogP) is 3.08. The van der Waals surface area contributed by atoms with Crippen LogP contribution in [0.25, 0.3) is 0 Å². The lowest BCUT2D eigenvalue weighted by Gasteiger charge is -2.25. The summed E-state index contributed by atoms with van der Waals surface area (Å²) in [5, 5.41) is 3.43. The van der Waals surface area contributed by atoms with Crippen LogP contribution in [-0.4, -0.2) is 23.2 Å². The molecular weight excluding hydrogens is 292 g/mol. The molecule has 4 heteroatoms. The summed E-state index contributed by atoms with van der Waals surface area (Å²) < 4.78 is 0. The number of carbonyl (C=O) groups is 1. The zero-order valence-corrected chi connectivity index (χ0v) is 13.5. The summed E-state index contributed by atoms with van der Waals surface area (Å²) in [7, 11) is 0. The van der Waals surface area contributed by atoms with Gasteiger partial charge in [-0.25, -0.2) is 0 Å². The molecule has 22 heavy (non-hydrogen) atoms. The van der Waals surface area contributed by atoms with E-state index in [1.165, 1.54) is 11.1 Å². The Hall–Kier alpha value is -1.81. The van der Waals surface area contributed by atoms with E-state index in [2.05, 4.69) is 34.6 Å². The van der Waals surface area contributed by atoms with E-state index in [0.717, 1.165) is 23.4 Å². The second-order valence-corrected chi connectivity index (χ2v) is 6.91. The number of aromatic nitrogens is 1. The van der Waals surface area contributed by atoms with Crippen LogP contribution in [0.5, 0.6) is 0 Å². The van der Waals surface area contributed by atoms with Gasteiger partial charge in [0.2, 0.25) is 5.91 Å². The van der Waals surface area contributed by atoms with Gasteiger partial charge in [-0.1, -0.05) is 30.3 Å². The molecule has 2 aromatic rings. The van der Waals surface area contributed by atoms with Gasteiger partial charge in [0.1, 0.15) is 0 Å². The van der Waals surface area contributed by atoms with Crippen LogP contribution in [0.4, 0.5) is 0 Å². The molecule has 114 valence electrons. The van der Waals surface area contributed by atoms with Crippen molar-refractivity contribution in [1.29, 1.82) is 0 Å². The maximum Gasteiger partial charge on any atom is 0.224 e. The topological polar surface area (TPSA) is 42.0 Å². The van der Waals surface area contributed by atoms with E-state index in [9.17, 15) is 4.79 Å². The fourth-order valence-corrected chi connectivity index (χ4v) is 3.94. The summed E-state index contributed by atoms with van der Waals surface area (Å²) in [5.74, 6) is 1.19. The molecule has 0 radical (unpaired) electrons. The van der Waals surface area contributed by atoms with Crippen LogP contribution in [0, 0.1) is 6.92 Å². The summed E-state index contributed by atoms with van der Waals surface area (Å²) in [4.78, 5) is 16.3. The van der Waals surface area contributed by atoms with Crippen molar-refractivity contribution in [2.24, 2.45) is 0 Å². The Labute approximate surface area is 135 Å². The Kier molecular flexibility index (Phi) is 4.78. The normalized spacial score (nSPS) is 16.9. The smallest absolute Gasteiger partial charge is 0.224 e. The van der Waals surface area contributed by atoms with Crippen molar-refractivity contribution in [2.75, 3.05) is 12.3 Å². The third kappa shape index (κ3) is 3.69. The molecule has 0 aliphatic carbocycles. The average Bonchev–Trinajstić information content (AvgIpc) is 2.55. The van der Waals surface area contributed by atoms with Crippen LogP contribution in [0.2, 0.25) is 0 Å². The predicted molar refractivity (Wildman–Crippen MR) is 91.0 cm³/mol. The van der Waals surface area contributed by atoms with Crippen molar-refractivity contribution < 1.29 is 4.79 Å². The van der Waals surface area contributed by atoms with Gasteiger partial charge in [-0.3, -0.25) is 9.78 Å². The Morgan fingerprint density at radius 3 is 3.00 bits per heavy atom. The first kappa shape index (κ1) is 15.1. The quantitative estimate of drug-likeness (QED) is 0.943. The minimum absolute atomic E-state index is 0.0642. The van der Waals surface area contributed by atoms with Crippen LogP contribution in [0.3, 0.4) is 0 Å². The Morgan fingerprint density at radius 2 is 2.18 bits per heavy atom. The SMILES string of the molecule is Cc1ccc(CC(=O)NC[C@H]2SCCc3ccccc32)cn1. The van der Waals surface area contributed by atoms with E-state index in [4.69, 9.17) is 0 Å². The summed E-state index contributed by atoms with van der Waals surface area (Å²) in [6.45, 7) is 2.64. The average molecular weight is 312 g/mol. The molecule has 1 aliphatic heterocycles. The van der Waals surface area contributed by atoms with Crippen LogP contribution >= 0.6 is 11.8 Å². The molecule has 0 unspecified atom stereocenters. The molecule has 2 heterocycles. The maximum atomic E-state index is 12.1. The molecule has 1 aromatic heterocycles. The number of nitrogens with zero attached hydrogens (tertiary/aromatic N) is 1. The van der Waals surface area contributed by atoms with Crippen LogP contribution in [0.1, 0.15) is 27.6 Å². The second kappa shape index (κ2) is 6.97. The fourth-order valence-electron chi connectivity index (χ4n) is 2.70. The van der Waals surface area contributed by atoms with Gasteiger partial charge in [-0.15, -0.1) is 0 Å². The number of nitrogens with one attached hydrogen (secondary N) is 1. The highest BCUT2D eigenvalue weighted by molar-refractivity contribution is 7.99. The van der Waals surface area contributed by atoms with Gasteiger partial charge >= 0.3 is 0 Å². The Balaban J connectivity index is 1.56. The van der Waals surface area contributed by atoms with E-state index in [-0.39, 0.29) is 5.91 Å². The molecule has 1 aromatic carbocycles. The molecule has 1 atom stereocenters. The van der Waals surface area contributed by atoms with Crippen molar-refractivity contribution in [3.8, 4) is 0 Å². The Morgan fingerprint density at radius 1 is 1.32 bits per heavy atom. The van der Waals surface area contributed by atoms with Crippen LogP contribution in [-0.2, 0) is 17.6 Å². The van der Waals surface area contributed by atoms with E-state index >= 15 is 0 Å². The van der Waals surface area contributed by atoms with Gasteiger partial charge in [-0.2, -0.15) is 11.8 Å². The van der Waals surface area contributed by atoms with Crippen molar-refractivity contribution >= 4 is 17.7 Å². The van der Waals surface area contributed by atoms with Gasteiger partial charge < -0.3 is 5.32 Å². The number of aryl methyl sites for hydroxylation is 2. The van der Waals surface area contributed by atoms with Crippen LogP contribution < -0.4 is 5.32 Å². The Bertz CT molecular complexity index is 654. The number of hydrogen-bond donors (Lipinski definition) is 1. The molecule has 3 rings (SSSR count). The number of fused-ring (bicyclic) bond motifs is 1. The third-order valence-electron chi connectivity index (χ3n) is 3.91. The lowest BCUT2D eigenvalue weighted by atomic mass is 10.0. The fraction of sp³-hybridized carbons (Fsp3) is 0.333. The summed E-state index contributed by atoms with van der Waals surface area (Å²) >= 11 is 1.93. The minimum atomic E-state index is 0.0642. The second-order valence-electron chi connectivity index (χ2n) is 5.60.